The van der Waals surface area contributed by atoms with E-state index in [4.69, 9.17) is 0 Å². The van der Waals surface area contributed by atoms with Gasteiger partial charge in [-0.3, -0.25) is 9.59 Å². The zero-order chi connectivity index (χ0) is 18.1. The van der Waals surface area contributed by atoms with Crippen LogP contribution in [0.2, 0.25) is 0 Å². The molecule has 1 rings (SSSR count). The van der Waals surface area contributed by atoms with Gasteiger partial charge in [-0.15, -0.1) is 0 Å². The molecule has 23 heavy (non-hydrogen) atoms. The van der Waals surface area contributed by atoms with Crippen LogP contribution in [0.1, 0.15) is 57.8 Å². The van der Waals surface area contributed by atoms with Crippen LogP contribution in [0.4, 0.5) is 0 Å². The number of allylic oxidation sites excluding steroid dienone is 5. The Bertz CT molecular complexity index is 508. The van der Waals surface area contributed by atoms with E-state index >= 15 is 0 Å². The van der Waals surface area contributed by atoms with Crippen molar-refractivity contribution in [2.24, 2.45) is 0 Å². The van der Waals surface area contributed by atoms with Crippen molar-refractivity contribution < 1.29 is 9.59 Å². The van der Waals surface area contributed by atoms with Gasteiger partial charge in [-0.25, -0.2) is 0 Å². The summed E-state index contributed by atoms with van der Waals surface area (Å²) in [6, 6.07) is 9.02. The summed E-state index contributed by atoms with van der Waals surface area (Å²) >= 11 is 0. The Morgan fingerprint density at radius 2 is 1.57 bits per heavy atom. The molecule has 0 saturated carbocycles. The summed E-state index contributed by atoms with van der Waals surface area (Å²) < 4.78 is 0. The van der Waals surface area contributed by atoms with Crippen molar-refractivity contribution in [2.45, 2.75) is 47.5 Å². The van der Waals surface area contributed by atoms with Gasteiger partial charge in [-0.2, -0.15) is 0 Å². The summed E-state index contributed by atoms with van der Waals surface area (Å²) in [5.41, 5.74) is 1.23. The maximum absolute atomic E-state index is 11.9. The van der Waals surface area contributed by atoms with E-state index in [2.05, 4.69) is 6.58 Å². The number of hydrogen-bond acceptors (Lipinski definition) is 2. The van der Waals surface area contributed by atoms with Crippen LogP contribution < -0.4 is 0 Å². The summed E-state index contributed by atoms with van der Waals surface area (Å²) in [5.74, 6) is -0.0466. The van der Waals surface area contributed by atoms with E-state index in [1.807, 2.05) is 52.8 Å². The Kier molecular flexibility index (Phi) is 16.2. The van der Waals surface area contributed by atoms with Crippen LogP contribution in [0.25, 0.3) is 0 Å². The number of ketones is 2. The van der Waals surface area contributed by atoms with E-state index < -0.39 is 0 Å². The van der Waals surface area contributed by atoms with Crippen molar-refractivity contribution >= 4 is 11.6 Å². The van der Waals surface area contributed by atoms with Crippen LogP contribution in [0.15, 0.2) is 66.8 Å². The molecular weight excluding hydrogens is 284 g/mol. The van der Waals surface area contributed by atoms with Crippen molar-refractivity contribution in [1.29, 1.82) is 0 Å². The van der Waals surface area contributed by atoms with Gasteiger partial charge in [-0.1, -0.05) is 88.9 Å². The summed E-state index contributed by atoms with van der Waals surface area (Å²) in [5, 5.41) is 0. The lowest BCUT2D eigenvalue weighted by molar-refractivity contribution is -0.115. The third-order valence-electron chi connectivity index (χ3n) is 2.64. The second-order valence-electron chi connectivity index (χ2n) is 4.07. The van der Waals surface area contributed by atoms with Crippen molar-refractivity contribution in [1.82, 2.24) is 0 Å². The van der Waals surface area contributed by atoms with Crippen LogP contribution in [0.5, 0.6) is 0 Å². The zero-order valence-electron chi connectivity index (χ0n) is 15.1. The number of carbonyl (C=O) groups is 2. The molecule has 0 spiro atoms. The molecule has 0 fully saturated rings. The fourth-order valence-corrected chi connectivity index (χ4v) is 1.69. The minimum Gasteiger partial charge on any atom is -0.294 e. The smallest absolute Gasteiger partial charge is 0.163 e. The minimum atomic E-state index is -0.0396. The third kappa shape index (κ3) is 10.2. The van der Waals surface area contributed by atoms with E-state index in [0.717, 1.165) is 0 Å². The van der Waals surface area contributed by atoms with Gasteiger partial charge in [0.1, 0.15) is 0 Å². The molecule has 0 bridgehead atoms. The van der Waals surface area contributed by atoms with Gasteiger partial charge in [0.05, 0.1) is 0 Å². The maximum atomic E-state index is 11.9. The molecule has 0 aliphatic heterocycles. The number of benzene rings is 1. The lowest BCUT2D eigenvalue weighted by Crippen LogP contribution is -2.06. The van der Waals surface area contributed by atoms with Crippen LogP contribution in [-0.2, 0) is 4.79 Å². The van der Waals surface area contributed by atoms with Crippen LogP contribution >= 0.6 is 0 Å². The van der Waals surface area contributed by atoms with E-state index in [-0.39, 0.29) is 24.4 Å². The van der Waals surface area contributed by atoms with Gasteiger partial charge >= 0.3 is 0 Å². The molecule has 0 amide bonds. The van der Waals surface area contributed by atoms with Crippen molar-refractivity contribution in [2.75, 3.05) is 0 Å². The number of Topliss-reactive ketones (excluding diaryl/α,β-unsaturated/α-hetero) is 2. The lowest BCUT2D eigenvalue weighted by atomic mass is 10.0. The van der Waals surface area contributed by atoms with Gasteiger partial charge in [0.25, 0.3) is 0 Å². The molecule has 0 heterocycles. The molecule has 0 radical (unpaired) electrons. The molecule has 0 aliphatic rings. The minimum absolute atomic E-state index is 0.00705. The Morgan fingerprint density at radius 3 is 2.04 bits per heavy atom. The first-order valence-corrected chi connectivity index (χ1v) is 8.26. The Balaban J connectivity index is 0. The number of carbonyl (C=O) groups excluding carboxylic acids is 2. The molecule has 0 unspecified atom stereocenters. The van der Waals surface area contributed by atoms with Gasteiger partial charge in [-0.05, 0) is 6.92 Å². The summed E-state index contributed by atoms with van der Waals surface area (Å²) in [6.45, 7) is 13.4. The molecule has 2 heteroatoms. The zero-order valence-corrected chi connectivity index (χ0v) is 15.1. The van der Waals surface area contributed by atoms with E-state index in [1.54, 1.807) is 36.4 Å². The van der Waals surface area contributed by atoms with E-state index in [0.29, 0.717) is 11.1 Å². The Hall–Kier alpha value is -2.22. The highest BCUT2D eigenvalue weighted by atomic mass is 16.1. The van der Waals surface area contributed by atoms with Crippen molar-refractivity contribution in [3.05, 3.63) is 72.4 Å². The largest absolute Gasteiger partial charge is 0.294 e. The van der Waals surface area contributed by atoms with E-state index in [9.17, 15) is 9.59 Å². The Morgan fingerprint density at radius 1 is 1.00 bits per heavy atom. The summed E-state index contributed by atoms with van der Waals surface area (Å²) in [6.07, 6.45) is 7.22. The molecular formula is C21H30O2. The molecule has 126 valence electrons. The lowest BCUT2D eigenvalue weighted by Gasteiger charge is -2.02. The normalized spacial score (nSPS) is 10.0. The number of hydrogen-bond donors (Lipinski definition) is 0. The average molecular weight is 314 g/mol. The maximum Gasteiger partial charge on any atom is 0.163 e. The summed E-state index contributed by atoms with van der Waals surface area (Å²) in [7, 11) is 0. The van der Waals surface area contributed by atoms with E-state index in [1.165, 1.54) is 0 Å². The van der Waals surface area contributed by atoms with Gasteiger partial charge in [0.15, 0.2) is 11.6 Å². The predicted molar refractivity (Wildman–Crippen MR) is 101 cm³/mol. The molecule has 0 N–H and O–H groups in total. The topological polar surface area (TPSA) is 34.1 Å². The standard InChI is InChI=1S/C17H18O2.2C2H6/c1-3-8-14(9-4-2)16(18)12-13-17(19)15-10-6-5-7-11-15;2*1-2/h3-11H,1,12-13H2,2H3;2*1-2H3/b9-4-,14-8+;;. The quantitative estimate of drug-likeness (QED) is 0.353. The molecule has 0 saturated heterocycles. The van der Waals surface area contributed by atoms with Crippen LogP contribution in [0, 0.1) is 0 Å². The third-order valence-corrected chi connectivity index (χ3v) is 2.64. The second kappa shape index (κ2) is 16.2. The van der Waals surface area contributed by atoms with Gasteiger partial charge in [0, 0.05) is 24.0 Å². The van der Waals surface area contributed by atoms with Crippen LogP contribution in [0.3, 0.4) is 0 Å². The molecule has 1 aromatic rings. The monoisotopic (exact) mass is 314 g/mol. The Labute approximate surface area is 141 Å². The number of rotatable bonds is 7. The highest BCUT2D eigenvalue weighted by Gasteiger charge is 2.10. The molecule has 1 aromatic carbocycles. The van der Waals surface area contributed by atoms with Gasteiger partial charge < -0.3 is 0 Å². The first-order valence-electron chi connectivity index (χ1n) is 8.26. The highest BCUT2D eigenvalue weighted by molar-refractivity contribution is 6.03. The fourth-order valence-electron chi connectivity index (χ4n) is 1.69. The average Bonchev–Trinajstić information content (AvgIpc) is 2.63. The molecule has 0 atom stereocenters. The van der Waals surface area contributed by atoms with Gasteiger partial charge in [0.2, 0.25) is 0 Å². The highest BCUT2D eigenvalue weighted by Crippen LogP contribution is 2.09. The van der Waals surface area contributed by atoms with Crippen molar-refractivity contribution in [3.63, 3.8) is 0 Å². The van der Waals surface area contributed by atoms with Crippen LogP contribution in [-0.4, -0.2) is 11.6 Å². The SMILES string of the molecule is C=C/C=C(\C=C/C)C(=O)CCC(=O)c1ccccc1.CC.CC. The first kappa shape index (κ1) is 23.1. The molecule has 0 aliphatic carbocycles. The first-order chi connectivity index (χ1) is 11.2. The fraction of sp³-hybridized carbons (Fsp3) is 0.333. The second-order valence-corrected chi connectivity index (χ2v) is 4.07. The predicted octanol–water partition coefficient (Wildman–Crippen LogP) is 5.96. The molecule has 0 aromatic heterocycles. The molecule has 2 nitrogen and oxygen atoms in total. The summed E-state index contributed by atoms with van der Waals surface area (Å²) in [4.78, 5) is 23.8. The van der Waals surface area contributed by atoms with Crippen molar-refractivity contribution in [3.8, 4) is 0 Å².